The molecule has 7 nitrogen and oxygen atoms in total. The number of hydrogen-bond donors (Lipinski definition) is 1. The van der Waals surface area contributed by atoms with Crippen molar-refractivity contribution < 1.29 is 18.0 Å². The van der Waals surface area contributed by atoms with Crippen molar-refractivity contribution in [3.8, 4) is 0 Å². The van der Waals surface area contributed by atoms with Crippen molar-refractivity contribution in [2.75, 3.05) is 18.6 Å². The Kier molecular flexibility index (Phi) is 5.38. The lowest BCUT2D eigenvalue weighted by atomic mass is 10.0. The van der Waals surface area contributed by atoms with Gasteiger partial charge < -0.3 is 10.2 Å². The van der Waals surface area contributed by atoms with Gasteiger partial charge in [-0.2, -0.15) is 11.3 Å². The Morgan fingerprint density at radius 1 is 1.35 bits per heavy atom. The highest BCUT2D eigenvalue weighted by Gasteiger charge is 2.43. The molecule has 0 unspecified atom stereocenters. The lowest BCUT2D eigenvalue weighted by Crippen LogP contribution is -2.46. The minimum absolute atomic E-state index is 0.222. The molecule has 0 radical (unpaired) electrons. The van der Waals surface area contributed by atoms with Gasteiger partial charge >= 0.3 is 0 Å². The second-order valence-electron chi connectivity index (χ2n) is 6.33. The summed E-state index contributed by atoms with van der Waals surface area (Å²) in [5.41, 5.74) is 1.32. The SMILES string of the molecule is CN(Cc1cccnc1)C(=O)[C@@H]1CS(=O)(=O)C[C@H]1NC(=O)c1ccsc1. The smallest absolute Gasteiger partial charge is 0.252 e. The number of rotatable bonds is 5. The minimum atomic E-state index is -3.38. The van der Waals surface area contributed by atoms with Crippen LogP contribution in [0.3, 0.4) is 0 Å². The first-order valence-electron chi connectivity index (χ1n) is 8.03. The Bertz CT molecular complexity index is 882. The molecule has 1 saturated heterocycles. The number of hydrogen-bond acceptors (Lipinski definition) is 6. The molecule has 0 saturated carbocycles. The first-order valence-corrected chi connectivity index (χ1v) is 10.8. The monoisotopic (exact) mass is 393 g/mol. The molecule has 2 atom stereocenters. The summed E-state index contributed by atoms with van der Waals surface area (Å²) in [4.78, 5) is 30.6. The van der Waals surface area contributed by atoms with E-state index in [1.165, 1.54) is 16.2 Å². The third-order valence-electron chi connectivity index (χ3n) is 4.29. The van der Waals surface area contributed by atoms with Gasteiger partial charge in [0.2, 0.25) is 5.91 Å². The second-order valence-corrected chi connectivity index (χ2v) is 9.26. The molecular weight excluding hydrogens is 374 g/mol. The van der Waals surface area contributed by atoms with Crippen molar-refractivity contribution in [1.29, 1.82) is 0 Å². The maximum absolute atomic E-state index is 12.8. The van der Waals surface area contributed by atoms with Crippen LogP contribution >= 0.6 is 11.3 Å². The van der Waals surface area contributed by atoms with Gasteiger partial charge in [-0.15, -0.1) is 0 Å². The van der Waals surface area contributed by atoms with E-state index in [9.17, 15) is 18.0 Å². The number of carbonyl (C=O) groups is 2. The number of nitrogens with zero attached hydrogens (tertiary/aromatic N) is 2. The fourth-order valence-corrected chi connectivity index (χ4v) is 5.56. The van der Waals surface area contributed by atoms with Gasteiger partial charge in [0.15, 0.2) is 9.84 Å². The zero-order valence-corrected chi connectivity index (χ0v) is 15.8. The average molecular weight is 393 g/mol. The summed E-state index contributed by atoms with van der Waals surface area (Å²) in [6, 6.07) is 4.56. The molecule has 0 spiro atoms. The fraction of sp³-hybridized carbons (Fsp3) is 0.353. The van der Waals surface area contributed by atoms with Gasteiger partial charge in [0.05, 0.1) is 23.5 Å². The number of amides is 2. The van der Waals surface area contributed by atoms with Gasteiger partial charge in [-0.1, -0.05) is 6.07 Å². The highest BCUT2D eigenvalue weighted by molar-refractivity contribution is 7.91. The Hall–Kier alpha value is -2.26. The van der Waals surface area contributed by atoms with Gasteiger partial charge in [0.25, 0.3) is 5.91 Å². The van der Waals surface area contributed by atoms with Gasteiger partial charge in [-0.3, -0.25) is 14.6 Å². The molecule has 3 rings (SSSR count). The number of aromatic nitrogens is 1. The minimum Gasteiger partial charge on any atom is -0.347 e. The van der Waals surface area contributed by atoms with Crippen molar-refractivity contribution in [3.63, 3.8) is 0 Å². The molecule has 1 aliphatic rings. The van der Waals surface area contributed by atoms with Crippen molar-refractivity contribution >= 4 is 33.0 Å². The maximum atomic E-state index is 12.8. The lowest BCUT2D eigenvalue weighted by molar-refractivity contribution is -0.134. The second kappa shape index (κ2) is 7.55. The van der Waals surface area contributed by atoms with Crippen LogP contribution in [0.2, 0.25) is 0 Å². The zero-order valence-electron chi connectivity index (χ0n) is 14.2. The molecule has 9 heteroatoms. The van der Waals surface area contributed by atoms with Crippen LogP contribution in [-0.2, 0) is 21.2 Å². The van der Waals surface area contributed by atoms with E-state index >= 15 is 0 Å². The van der Waals surface area contributed by atoms with Crippen LogP contribution in [0.5, 0.6) is 0 Å². The first-order chi connectivity index (χ1) is 12.4. The van der Waals surface area contributed by atoms with Gasteiger partial charge in [-0.25, -0.2) is 8.42 Å². The summed E-state index contributed by atoms with van der Waals surface area (Å²) in [5, 5.41) is 6.17. The van der Waals surface area contributed by atoms with Gasteiger partial charge in [-0.05, 0) is 23.1 Å². The van der Waals surface area contributed by atoms with E-state index in [0.717, 1.165) is 5.56 Å². The quantitative estimate of drug-likeness (QED) is 0.816. The summed E-state index contributed by atoms with van der Waals surface area (Å²) in [7, 11) is -1.76. The van der Waals surface area contributed by atoms with Crippen LogP contribution in [0.4, 0.5) is 0 Å². The molecule has 2 aromatic heterocycles. The van der Waals surface area contributed by atoms with Crippen LogP contribution in [0.1, 0.15) is 15.9 Å². The van der Waals surface area contributed by atoms with Crippen molar-refractivity contribution in [1.82, 2.24) is 15.2 Å². The molecule has 1 N–H and O–H groups in total. The highest BCUT2D eigenvalue weighted by Crippen LogP contribution is 2.23. The van der Waals surface area contributed by atoms with Crippen LogP contribution in [0, 0.1) is 5.92 Å². The summed E-state index contributed by atoms with van der Waals surface area (Å²) in [5.74, 6) is -1.92. The Balaban J connectivity index is 1.72. The topological polar surface area (TPSA) is 96.4 Å². The van der Waals surface area contributed by atoms with Crippen molar-refractivity contribution in [2.45, 2.75) is 12.6 Å². The van der Waals surface area contributed by atoms with Crippen LogP contribution in [0.25, 0.3) is 0 Å². The molecule has 0 aromatic carbocycles. The molecular formula is C17H19N3O4S2. The Morgan fingerprint density at radius 3 is 2.81 bits per heavy atom. The van der Waals surface area contributed by atoms with E-state index in [2.05, 4.69) is 10.3 Å². The molecule has 2 amide bonds. The molecule has 1 aliphatic heterocycles. The van der Waals surface area contributed by atoms with Crippen LogP contribution < -0.4 is 5.32 Å². The number of thiophene rings is 1. The molecule has 138 valence electrons. The van der Waals surface area contributed by atoms with E-state index in [4.69, 9.17) is 0 Å². The third-order valence-corrected chi connectivity index (χ3v) is 6.71. The third kappa shape index (κ3) is 4.28. The van der Waals surface area contributed by atoms with E-state index in [1.807, 2.05) is 6.07 Å². The zero-order chi connectivity index (χ0) is 18.7. The Labute approximate surface area is 156 Å². The Morgan fingerprint density at radius 2 is 2.15 bits per heavy atom. The molecule has 0 aliphatic carbocycles. The van der Waals surface area contributed by atoms with E-state index < -0.39 is 21.8 Å². The van der Waals surface area contributed by atoms with Gasteiger partial charge in [0.1, 0.15) is 0 Å². The molecule has 2 aromatic rings. The van der Waals surface area contributed by atoms with E-state index in [1.54, 1.807) is 42.3 Å². The predicted octanol–water partition coefficient (Wildman–Crippen LogP) is 0.945. The maximum Gasteiger partial charge on any atom is 0.252 e. The van der Waals surface area contributed by atoms with Crippen LogP contribution in [0.15, 0.2) is 41.4 Å². The van der Waals surface area contributed by atoms with Gasteiger partial charge in [0, 0.05) is 36.9 Å². The number of sulfone groups is 1. The standard InChI is InChI=1S/C17H19N3O4S2/c1-20(8-12-3-2-5-18-7-12)17(22)14-10-26(23,24)11-15(14)19-16(21)13-4-6-25-9-13/h2-7,9,14-15H,8,10-11H2,1H3,(H,19,21)/t14-,15-/m1/s1. The summed E-state index contributed by atoms with van der Waals surface area (Å²) < 4.78 is 24.1. The summed E-state index contributed by atoms with van der Waals surface area (Å²) >= 11 is 1.38. The lowest BCUT2D eigenvalue weighted by Gasteiger charge is -2.24. The number of carbonyl (C=O) groups excluding carboxylic acids is 2. The number of pyridine rings is 1. The van der Waals surface area contributed by atoms with Crippen molar-refractivity contribution in [2.24, 2.45) is 5.92 Å². The van der Waals surface area contributed by atoms with E-state index in [0.29, 0.717) is 12.1 Å². The van der Waals surface area contributed by atoms with Crippen molar-refractivity contribution in [3.05, 3.63) is 52.5 Å². The molecule has 3 heterocycles. The molecule has 26 heavy (non-hydrogen) atoms. The summed E-state index contributed by atoms with van der Waals surface area (Å²) in [6.45, 7) is 0.328. The predicted molar refractivity (Wildman–Crippen MR) is 98.4 cm³/mol. The van der Waals surface area contributed by atoms with Crippen LogP contribution in [-0.4, -0.2) is 54.7 Å². The highest BCUT2D eigenvalue weighted by atomic mass is 32.2. The average Bonchev–Trinajstić information content (AvgIpc) is 3.23. The largest absolute Gasteiger partial charge is 0.347 e. The molecule has 1 fully saturated rings. The molecule has 0 bridgehead atoms. The normalized spacial score (nSPS) is 21.3. The fourth-order valence-electron chi connectivity index (χ4n) is 3.01. The first kappa shape index (κ1) is 18.5. The van der Waals surface area contributed by atoms with E-state index in [-0.39, 0.29) is 23.3 Å². The number of nitrogens with one attached hydrogen (secondary N) is 1. The summed E-state index contributed by atoms with van der Waals surface area (Å²) in [6.07, 6.45) is 3.30.